The SMILES string of the molecule is CCOCCOc1nc(-c2ccc(C(F)(F)F)cc2)n(-c2ccc(NC(=O)CCl)cc2)n1. The molecule has 2 aromatic carbocycles. The number of ether oxygens (including phenoxy) is 2. The van der Waals surface area contributed by atoms with E-state index in [0.717, 1.165) is 12.1 Å². The molecular formula is C21H20ClF3N4O3. The van der Waals surface area contributed by atoms with Gasteiger partial charge in [0.2, 0.25) is 5.91 Å². The third-order valence-electron chi connectivity index (χ3n) is 4.24. The van der Waals surface area contributed by atoms with Crippen molar-refractivity contribution in [3.05, 3.63) is 54.1 Å². The number of hydrogen-bond acceptors (Lipinski definition) is 5. The Kier molecular flexibility index (Phi) is 7.70. The van der Waals surface area contributed by atoms with Crippen molar-refractivity contribution in [2.45, 2.75) is 13.1 Å². The van der Waals surface area contributed by atoms with E-state index in [9.17, 15) is 18.0 Å². The maximum Gasteiger partial charge on any atom is 0.416 e. The first-order valence-corrected chi connectivity index (χ1v) is 10.2. The Morgan fingerprint density at radius 1 is 1.09 bits per heavy atom. The van der Waals surface area contributed by atoms with Crippen LogP contribution in [0, 0.1) is 0 Å². The Morgan fingerprint density at radius 2 is 1.78 bits per heavy atom. The molecular weight excluding hydrogens is 449 g/mol. The van der Waals surface area contributed by atoms with Crippen molar-refractivity contribution < 1.29 is 27.4 Å². The van der Waals surface area contributed by atoms with Gasteiger partial charge < -0.3 is 14.8 Å². The summed E-state index contributed by atoms with van der Waals surface area (Å²) in [5, 5.41) is 6.95. The minimum Gasteiger partial charge on any atom is -0.460 e. The van der Waals surface area contributed by atoms with Crippen LogP contribution in [0.4, 0.5) is 18.9 Å². The number of aromatic nitrogens is 3. The molecule has 0 saturated carbocycles. The quantitative estimate of drug-likeness (QED) is 0.368. The average Bonchev–Trinajstić information content (AvgIpc) is 3.21. The molecule has 0 fully saturated rings. The number of carbonyl (C=O) groups is 1. The van der Waals surface area contributed by atoms with Crippen molar-refractivity contribution in [1.29, 1.82) is 0 Å². The highest BCUT2D eigenvalue weighted by molar-refractivity contribution is 6.29. The second-order valence-electron chi connectivity index (χ2n) is 6.48. The van der Waals surface area contributed by atoms with Crippen molar-refractivity contribution >= 4 is 23.2 Å². The molecule has 0 unspecified atom stereocenters. The third-order valence-corrected chi connectivity index (χ3v) is 4.48. The van der Waals surface area contributed by atoms with Gasteiger partial charge in [0, 0.05) is 17.9 Å². The molecule has 1 heterocycles. The molecule has 0 saturated heterocycles. The normalized spacial score (nSPS) is 11.4. The molecule has 0 spiro atoms. The Labute approximate surface area is 187 Å². The lowest BCUT2D eigenvalue weighted by Crippen LogP contribution is -2.12. The molecule has 0 radical (unpaired) electrons. The molecule has 1 aromatic heterocycles. The van der Waals surface area contributed by atoms with Gasteiger partial charge in [0.25, 0.3) is 0 Å². The standard InChI is InChI=1S/C21H20ClF3N4O3/c1-2-31-11-12-32-20-27-19(14-3-5-15(6-4-14)21(23,24)25)29(28-20)17-9-7-16(8-10-17)26-18(30)13-22/h3-10H,2,11-13H2,1H3,(H,26,30). The Bertz CT molecular complexity index is 1040. The van der Waals surface area contributed by atoms with Gasteiger partial charge in [0.05, 0.1) is 17.9 Å². The first-order chi connectivity index (χ1) is 15.3. The molecule has 1 amide bonds. The van der Waals surface area contributed by atoms with E-state index in [2.05, 4.69) is 15.4 Å². The number of rotatable bonds is 9. The lowest BCUT2D eigenvalue weighted by molar-refractivity contribution is -0.137. The monoisotopic (exact) mass is 468 g/mol. The number of amides is 1. The Morgan fingerprint density at radius 3 is 2.38 bits per heavy atom. The largest absolute Gasteiger partial charge is 0.460 e. The number of carbonyl (C=O) groups excluding carboxylic acids is 1. The first kappa shape index (κ1) is 23.6. The zero-order chi connectivity index (χ0) is 23.1. The summed E-state index contributed by atoms with van der Waals surface area (Å²) in [6.07, 6.45) is -4.44. The highest BCUT2D eigenvalue weighted by Gasteiger charge is 2.30. The summed E-state index contributed by atoms with van der Waals surface area (Å²) in [4.78, 5) is 15.8. The van der Waals surface area contributed by atoms with E-state index >= 15 is 0 Å². The minimum atomic E-state index is -4.44. The number of nitrogens with zero attached hydrogens (tertiary/aromatic N) is 3. The lowest BCUT2D eigenvalue weighted by atomic mass is 10.1. The highest BCUT2D eigenvalue weighted by atomic mass is 35.5. The van der Waals surface area contributed by atoms with Gasteiger partial charge in [-0.05, 0) is 43.3 Å². The predicted octanol–water partition coefficient (Wildman–Crippen LogP) is 4.55. The van der Waals surface area contributed by atoms with Gasteiger partial charge in [-0.25, -0.2) is 4.68 Å². The molecule has 0 aliphatic heterocycles. The number of benzene rings is 2. The maximum absolute atomic E-state index is 12.9. The van der Waals surface area contributed by atoms with E-state index < -0.39 is 11.7 Å². The molecule has 3 rings (SSSR count). The van der Waals surface area contributed by atoms with Gasteiger partial charge in [-0.3, -0.25) is 4.79 Å². The fraction of sp³-hybridized carbons (Fsp3) is 0.286. The van der Waals surface area contributed by atoms with Crippen LogP contribution in [0.25, 0.3) is 17.1 Å². The smallest absolute Gasteiger partial charge is 0.416 e. The number of halogens is 4. The molecule has 0 atom stereocenters. The van der Waals surface area contributed by atoms with E-state index in [-0.39, 0.29) is 24.4 Å². The summed E-state index contributed by atoms with van der Waals surface area (Å²) >= 11 is 5.49. The van der Waals surface area contributed by atoms with Crippen LogP contribution in [0.5, 0.6) is 6.01 Å². The number of hydrogen-bond donors (Lipinski definition) is 1. The molecule has 7 nitrogen and oxygen atoms in total. The molecule has 3 aromatic rings. The second-order valence-corrected chi connectivity index (χ2v) is 6.75. The summed E-state index contributed by atoms with van der Waals surface area (Å²) in [6, 6.07) is 11.3. The fourth-order valence-electron chi connectivity index (χ4n) is 2.75. The van der Waals surface area contributed by atoms with Crippen LogP contribution in [0.2, 0.25) is 0 Å². The van der Waals surface area contributed by atoms with Gasteiger partial charge in [0.15, 0.2) is 5.82 Å². The maximum atomic E-state index is 12.9. The van der Waals surface area contributed by atoms with Crippen LogP contribution < -0.4 is 10.1 Å². The summed E-state index contributed by atoms with van der Waals surface area (Å²) in [5.74, 6) is -0.232. The molecule has 0 aliphatic rings. The zero-order valence-electron chi connectivity index (χ0n) is 17.0. The van der Waals surface area contributed by atoms with E-state index in [4.69, 9.17) is 21.1 Å². The van der Waals surface area contributed by atoms with E-state index in [0.29, 0.717) is 36.0 Å². The van der Waals surface area contributed by atoms with Gasteiger partial charge >= 0.3 is 12.2 Å². The highest BCUT2D eigenvalue weighted by Crippen LogP contribution is 2.31. The lowest BCUT2D eigenvalue weighted by Gasteiger charge is -2.09. The second kappa shape index (κ2) is 10.5. The number of anilines is 1. The van der Waals surface area contributed by atoms with Gasteiger partial charge in [-0.1, -0.05) is 12.1 Å². The van der Waals surface area contributed by atoms with Gasteiger partial charge in [-0.15, -0.1) is 16.7 Å². The molecule has 0 bridgehead atoms. The number of nitrogens with one attached hydrogen (secondary N) is 1. The van der Waals surface area contributed by atoms with Crippen LogP contribution >= 0.6 is 11.6 Å². The zero-order valence-corrected chi connectivity index (χ0v) is 17.8. The van der Waals surface area contributed by atoms with Crippen molar-refractivity contribution in [2.75, 3.05) is 31.0 Å². The summed E-state index contributed by atoms with van der Waals surface area (Å²) in [5.41, 5.74) is 0.754. The van der Waals surface area contributed by atoms with Crippen molar-refractivity contribution in [1.82, 2.24) is 14.8 Å². The van der Waals surface area contributed by atoms with E-state index in [1.807, 2.05) is 6.92 Å². The Balaban J connectivity index is 1.92. The third kappa shape index (κ3) is 5.98. The minimum absolute atomic E-state index is 0.0547. The predicted molar refractivity (Wildman–Crippen MR) is 113 cm³/mol. The van der Waals surface area contributed by atoms with Crippen molar-refractivity contribution in [3.8, 4) is 23.1 Å². The van der Waals surface area contributed by atoms with Crippen molar-refractivity contribution in [2.24, 2.45) is 0 Å². The first-order valence-electron chi connectivity index (χ1n) is 9.63. The molecule has 32 heavy (non-hydrogen) atoms. The fourth-order valence-corrected chi connectivity index (χ4v) is 2.81. The topological polar surface area (TPSA) is 78.3 Å². The van der Waals surface area contributed by atoms with Gasteiger partial charge in [0.1, 0.15) is 12.5 Å². The van der Waals surface area contributed by atoms with E-state index in [1.54, 1.807) is 24.3 Å². The summed E-state index contributed by atoms with van der Waals surface area (Å²) < 4.78 is 51.0. The molecule has 11 heteroatoms. The van der Waals surface area contributed by atoms with Crippen LogP contribution in [-0.4, -0.2) is 46.4 Å². The number of alkyl halides is 4. The van der Waals surface area contributed by atoms with E-state index in [1.165, 1.54) is 16.8 Å². The molecule has 170 valence electrons. The van der Waals surface area contributed by atoms with Crippen LogP contribution in [-0.2, 0) is 15.7 Å². The summed E-state index contributed by atoms with van der Waals surface area (Å²) in [6.45, 7) is 2.95. The summed E-state index contributed by atoms with van der Waals surface area (Å²) in [7, 11) is 0. The average molecular weight is 469 g/mol. The van der Waals surface area contributed by atoms with Crippen LogP contribution in [0.3, 0.4) is 0 Å². The van der Waals surface area contributed by atoms with Gasteiger partial charge in [-0.2, -0.15) is 18.2 Å². The molecule has 0 aliphatic carbocycles. The van der Waals surface area contributed by atoms with Crippen LogP contribution in [0.1, 0.15) is 12.5 Å². The Hall–Kier alpha value is -3.11. The van der Waals surface area contributed by atoms with Crippen molar-refractivity contribution in [3.63, 3.8) is 0 Å². The molecule has 1 N–H and O–H groups in total. The van der Waals surface area contributed by atoms with Crippen LogP contribution in [0.15, 0.2) is 48.5 Å².